The van der Waals surface area contributed by atoms with Crippen molar-refractivity contribution in [2.45, 2.75) is 12.8 Å². The SMILES string of the molecule is COc1ccc2cc([C@H](C)C(=O)OCC(=O)N3CCN(CCO[N+](=O)[O-])CC3)ccc2c1.Cl. The van der Waals surface area contributed by atoms with Gasteiger partial charge in [-0.3, -0.25) is 14.5 Å². The lowest BCUT2D eigenvalue weighted by atomic mass is 9.98. The van der Waals surface area contributed by atoms with Crippen molar-refractivity contribution < 1.29 is 29.0 Å². The van der Waals surface area contributed by atoms with Gasteiger partial charge < -0.3 is 19.2 Å². The van der Waals surface area contributed by atoms with Crippen LogP contribution in [-0.2, 0) is 19.2 Å². The van der Waals surface area contributed by atoms with Crippen LogP contribution in [0.25, 0.3) is 10.8 Å². The lowest BCUT2D eigenvalue weighted by Gasteiger charge is -2.34. The highest BCUT2D eigenvalue weighted by Gasteiger charge is 2.24. The van der Waals surface area contributed by atoms with Crippen LogP contribution < -0.4 is 4.74 Å². The molecule has 1 fully saturated rings. The van der Waals surface area contributed by atoms with Gasteiger partial charge in [0.05, 0.1) is 13.0 Å². The van der Waals surface area contributed by atoms with Gasteiger partial charge in [-0.2, -0.15) is 0 Å². The average molecular weight is 482 g/mol. The van der Waals surface area contributed by atoms with Gasteiger partial charge in [0.25, 0.3) is 11.0 Å². The summed E-state index contributed by atoms with van der Waals surface area (Å²) in [6.45, 7) is 3.98. The van der Waals surface area contributed by atoms with Crippen LogP contribution in [0.5, 0.6) is 5.75 Å². The molecule has 1 saturated heterocycles. The molecule has 33 heavy (non-hydrogen) atoms. The summed E-state index contributed by atoms with van der Waals surface area (Å²) in [6.07, 6.45) is 0. The first-order chi connectivity index (χ1) is 15.4. The van der Waals surface area contributed by atoms with Gasteiger partial charge in [0.15, 0.2) is 6.61 Å². The van der Waals surface area contributed by atoms with Gasteiger partial charge in [-0.1, -0.05) is 24.3 Å². The fraction of sp³-hybridized carbons (Fsp3) is 0.455. The molecule has 1 heterocycles. The van der Waals surface area contributed by atoms with E-state index >= 15 is 0 Å². The zero-order chi connectivity index (χ0) is 23.1. The van der Waals surface area contributed by atoms with Crippen molar-refractivity contribution in [1.82, 2.24) is 9.80 Å². The van der Waals surface area contributed by atoms with Crippen LogP contribution >= 0.6 is 12.4 Å². The number of carbonyl (C=O) groups excluding carboxylic acids is 2. The molecular weight excluding hydrogens is 454 g/mol. The average Bonchev–Trinajstić information content (AvgIpc) is 2.81. The molecule has 0 bridgehead atoms. The lowest BCUT2D eigenvalue weighted by molar-refractivity contribution is -0.757. The molecule has 0 spiro atoms. The molecule has 2 aromatic carbocycles. The number of hydrogen-bond acceptors (Lipinski definition) is 8. The summed E-state index contributed by atoms with van der Waals surface area (Å²) in [5.41, 5.74) is 0.811. The van der Waals surface area contributed by atoms with Gasteiger partial charge in [-0.25, -0.2) is 0 Å². The number of hydrogen-bond donors (Lipinski definition) is 0. The molecule has 1 atom stereocenters. The number of esters is 1. The number of carbonyl (C=O) groups is 2. The van der Waals surface area contributed by atoms with E-state index in [1.807, 2.05) is 41.3 Å². The summed E-state index contributed by atoms with van der Waals surface area (Å²) in [5, 5.41) is 11.4. The molecule has 1 amide bonds. The van der Waals surface area contributed by atoms with Crippen LogP contribution in [0.2, 0.25) is 0 Å². The Morgan fingerprint density at radius 1 is 1.09 bits per heavy atom. The van der Waals surface area contributed by atoms with Crippen LogP contribution in [0, 0.1) is 10.1 Å². The van der Waals surface area contributed by atoms with Gasteiger partial charge >= 0.3 is 5.97 Å². The van der Waals surface area contributed by atoms with Crippen LogP contribution in [0.1, 0.15) is 18.4 Å². The van der Waals surface area contributed by atoms with Gasteiger partial charge in [-0.15, -0.1) is 22.5 Å². The first-order valence-electron chi connectivity index (χ1n) is 10.4. The Bertz CT molecular complexity index is 980. The summed E-state index contributed by atoms with van der Waals surface area (Å²) in [5.74, 6) is -0.450. The largest absolute Gasteiger partial charge is 0.497 e. The van der Waals surface area contributed by atoms with E-state index in [-0.39, 0.29) is 31.5 Å². The third-order valence-corrected chi connectivity index (χ3v) is 5.59. The molecule has 0 N–H and O–H groups in total. The maximum Gasteiger partial charge on any atom is 0.313 e. The smallest absolute Gasteiger partial charge is 0.313 e. The normalized spacial score (nSPS) is 14.8. The highest BCUT2D eigenvalue weighted by Crippen LogP contribution is 2.25. The first kappa shape index (κ1) is 26.1. The van der Waals surface area contributed by atoms with Crippen molar-refractivity contribution in [1.29, 1.82) is 0 Å². The second-order valence-electron chi connectivity index (χ2n) is 7.58. The van der Waals surface area contributed by atoms with Crippen molar-refractivity contribution in [3.8, 4) is 5.75 Å². The molecule has 0 saturated carbocycles. The highest BCUT2D eigenvalue weighted by molar-refractivity contribution is 5.87. The molecule has 1 aliphatic rings. The number of fused-ring (bicyclic) bond motifs is 1. The number of piperazine rings is 1. The molecule has 11 heteroatoms. The quantitative estimate of drug-likeness (QED) is 0.304. The number of ether oxygens (including phenoxy) is 2. The van der Waals surface area contributed by atoms with Gasteiger partial charge in [0.1, 0.15) is 12.4 Å². The Balaban J connectivity index is 0.00000385. The van der Waals surface area contributed by atoms with E-state index in [1.165, 1.54) is 0 Å². The zero-order valence-corrected chi connectivity index (χ0v) is 19.4. The van der Waals surface area contributed by atoms with Crippen LogP contribution in [0.15, 0.2) is 36.4 Å². The van der Waals surface area contributed by atoms with E-state index in [9.17, 15) is 19.7 Å². The number of amides is 1. The summed E-state index contributed by atoms with van der Waals surface area (Å²) >= 11 is 0. The fourth-order valence-corrected chi connectivity index (χ4v) is 3.59. The summed E-state index contributed by atoms with van der Waals surface area (Å²) < 4.78 is 10.5. The molecule has 0 aromatic heterocycles. The minimum atomic E-state index is -0.815. The van der Waals surface area contributed by atoms with Crippen LogP contribution in [-0.4, -0.2) is 79.8 Å². The van der Waals surface area contributed by atoms with Crippen molar-refractivity contribution in [2.75, 3.05) is 53.0 Å². The Kier molecular flexibility index (Phi) is 9.68. The number of methoxy groups -OCH3 is 1. The molecule has 180 valence electrons. The van der Waals surface area contributed by atoms with Gasteiger partial charge in [-0.05, 0) is 35.4 Å². The van der Waals surface area contributed by atoms with E-state index in [2.05, 4.69) is 4.84 Å². The Morgan fingerprint density at radius 3 is 2.42 bits per heavy atom. The van der Waals surface area contributed by atoms with Crippen LogP contribution in [0.3, 0.4) is 0 Å². The zero-order valence-electron chi connectivity index (χ0n) is 18.6. The minimum absolute atomic E-state index is 0. The second kappa shape index (κ2) is 12.2. The highest BCUT2D eigenvalue weighted by atomic mass is 35.5. The maximum atomic E-state index is 12.5. The molecular formula is C22H28ClN3O7. The van der Waals surface area contributed by atoms with E-state index in [0.717, 1.165) is 22.1 Å². The molecule has 1 aliphatic heterocycles. The standard InChI is InChI=1S/C22H27N3O7.ClH/c1-16(17-3-4-19-14-20(30-2)6-5-18(19)13-17)22(27)31-15-21(26)24-9-7-23(8-10-24)11-12-32-25(28)29;/h3-6,13-14,16H,7-12,15H2,1-2H3;1H/t16-;/m0./s1. The maximum absolute atomic E-state index is 12.5. The van der Waals surface area contributed by atoms with E-state index < -0.39 is 17.0 Å². The Labute approximate surface area is 197 Å². The lowest BCUT2D eigenvalue weighted by Crippen LogP contribution is -2.50. The first-order valence-corrected chi connectivity index (χ1v) is 10.4. The predicted octanol–water partition coefficient (Wildman–Crippen LogP) is 2.27. The van der Waals surface area contributed by atoms with E-state index in [4.69, 9.17) is 9.47 Å². The Hall–Kier alpha value is -3.11. The number of benzene rings is 2. The number of nitrogens with zero attached hydrogens (tertiary/aromatic N) is 3. The summed E-state index contributed by atoms with van der Waals surface area (Å²) in [7, 11) is 1.61. The third kappa shape index (κ3) is 7.19. The monoisotopic (exact) mass is 481 g/mol. The predicted molar refractivity (Wildman–Crippen MR) is 123 cm³/mol. The molecule has 2 aromatic rings. The summed E-state index contributed by atoms with van der Waals surface area (Å²) in [4.78, 5) is 43.0. The third-order valence-electron chi connectivity index (χ3n) is 5.59. The number of halogens is 1. The summed E-state index contributed by atoms with van der Waals surface area (Å²) in [6, 6.07) is 11.5. The van der Waals surface area contributed by atoms with E-state index in [0.29, 0.717) is 32.7 Å². The molecule has 3 rings (SSSR count). The van der Waals surface area contributed by atoms with Gasteiger partial charge in [0, 0.05) is 32.7 Å². The number of rotatable bonds is 9. The van der Waals surface area contributed by atoms with Crippen molar-refractivity contribution in [3.05, 3.63) is 52.1 Å². The molecule has 10 nitrogen and oxygen atoms in total. The Morgan fingerprint density at radius 2 is 1.76 bits per heavy atom. The van der Waals surface area contributed by atoms with Gasteiger partial charge in [0.2, 0.25) is 0 Å². The van der Waals surface area contributed by atoms with Crippen molar-refractivity contribution >= 4 is 35.1 Å². The van der Waals surface area contributed by atoms with Crippen LogP contribution in [0.4, 0.5) is 0 Å². The molecule has 0 radical (unpaired) electrons. The molecule has 0 unspecified atom stereocenters. The van der Waals surface area contributed by atoms with Crippen molar-refractivity contribution in [2.24, 2.45) is 0 Å². The second-order valence-corrected chi connectivity index (χ2v) is 7.58. The van der Waals surface area contributed by atoms with Crippen molar-refractivity contribution in [3.63, 3.8) is 0 Å². The molecule has 0 aliphatic carbocycles. The minimum Gasteiger partial charge on any atom is -0.497 e. The topological polar surface area (TPSA) is 111 Å². The van der Waals surface area contributed by atoms with E-state index in [1.54, 1.807) is 18.9 Å². The fourth-order valence-electron chi connectivity index (χ4n) is 3.59.